The largest absolute Gasteiger partial charge is 0.324 e. The average Bonchev–Trinajstić information content (AvgIpc) is 3.12. The topological polar surface area (TPSA) is 72.7 Å². The molecule has 7 heteroatoms. The number of halogens is 1. The van der Waals surface area contributed by atoms with E-state index in [0.717, 1.165) is 5.56 Å². The molecule has 0 saturated carbocycles. The number of carbonyl (C=O) groups excluding carboxylic acids is 1. The summed E-state index contributed by atoms with van der Waals surface area (Å²) in [4.78, 5) is 20.9. The highest BCUT2D eigenvalue weighted by Gasteiger charge is 2.24. The Labute approximate surface area is 150 Å². The normalized spacial score (nSPS) is 12.2. The van der Waals surface area contributed by atoms with Crippen LogP contribution in [0.3, 0.4) is 0 Å². The number of benzene rings is 1. The number of carbonyl (C=O) groups is 1. The van der Waals surface area contributed by atoms with Crippen LogP contribution in [0, 0.1) is 5.92 Å². The summed E-state index contributed by atoms with van der Waals surface area (Å²) in [5.41, 5.74) is 1.57. The zero-order valence-corrected chi connectivity index (χ0v) is 14.7. The summed E-state index contributed by atoms with van der Waals surface area (Å²) in [7, 11) is 0. The molecule has 1 aromatic carbocycles. The summed E-state index contributed by atoms with van der Waals surface area (Å²) >= 11 is 5.94. The smallest absolute Gasteiger partial charge is 0.232 e. The van der Waals surface area contributed by atoms with Gasteiger partial charge in [-0.15, -0.1) is 0 Å². The van der Waals surface area contributed by atoms with Gasteiger partial charge >= 0.3 is 0 Å². The van der Waals surface area contributed by atoms with Crippen LogP contribution in [0.5, 0.6) is 0 Å². The minimum Gasteiger partial charge on any atom is -0.324 e. The molecule has 0 fully saturated rings. The quantitative estimate of drug-likeness (QED) is 0.757. The Hall–Kier alpha value is -2.73. The number of nitrogens with one attached hydrogen (secondary N) is 1. The fourth-order valence-corrected chi connectivity index (χ4v) is 2.78. The molecular formula is C18H18ClN5O. The Kier molecular flexibility index (Phi) is 5.09. The molecule has 0 saturated heterocycles. The summed E-state index contributed by atoms with van der Waals surface area (Å²) in [5, 5.41) is 7.60. The van der Waals surface area contributed by atoms with Crippen molar-refractivity contribution in [3.05, 3.63) is 65.8 Å². The molecule has 128 valence electrons. The van der Waals surface area contributed by atoms with Gasteiger partial charge in [0.1, 0.15) is 12.7 Å². The first-order valence-electron chi connectivity index (χ1n) is 7.92. The van der Waals surface area contributed by atoms with Gasteiger partial charge in [-0.25, -0.2) is 14.6 Å². The first-order chi connectivity index (χ1) is 12.0. The lowest BCUT2D eigenvalue weighted by Crippen LogP contribution is -2.25. The van der Waals surface area contributed by atoms with E-state index < -0.39 is 0 Å². The monoisotopic (exact) mass is 355 g/mol. The van der Waals surface area contributed by atoms with Gasteiger partial charge in [0.05, 0.1) is 17.8 Å². The lowest BCUT2D eigenvalue weighted by Gasteiger charge is -2.21. The Morgan fingerprint density at radius 3 is 2.48 bits per heavy atom. The minimum absolute atomic E-state index is 0.0763. The number of nitrogens with zero attached hydrogens (tertiary/aromatic N) is 4. The van der Waals surface area contributed by atoms with Gasteiger partial charge in [-0.2, -0.15) is 5.10 Å². The molecule has 0 aliphatic heterocycles. The molecule has 25 heavy (non-hydrogen) atoms. The van der Waals surface area contributed by atoms with E-state index in [0.29, 0.717) is 16.5 Å². The van der Waals surface area contributed by atoms with Crippen LogP contribution < -0.4 is 5.32 Å². The third-order valence-corrected chi connectivity index (χ3v) is 4.10. The highest BCUT2D eigenvalue weighted by Crippen LogP contribution is 2.27. The number of anilines is 1. The molecule has 0 spiro atoms. The van der Waals surface area contributed by atoms with Crippen molar-refractivity contribution >= 4 is 23.2 Å². The molecule has 0 radical (unpaired) electrons. The van der Waals surface area contributed by atoms with Crippen molar-refractivity contribution in [2.24, 2.45) is 5.92 Å². The second-order valence-electron chi connectivity index (χ2n) is 6.01. The van der Waals surface area contributed by atoms with Gasteiger partial charge in [0, 0.05) is 5.02 Å². The Morgan fingerprint density at radius 1 is 1.16 bits per heavy atom. The summed E-state index contributed by atoms with van der Waals surface area (Å²) in [6, 6.07) is 10.9. The van der Waals surface area contributed by atoms with Crippen LogP contribution in [0.25, 0.3) is 5.82 Å². The Morgan fingerprint density at radius 2 is 1.92 bits per heavy atom. The fraction of sp³-hybridized carbons (Fsp3) is 0.222. The third kappa shape index (κ3) is 4.03. The summed E-state index contributed by atoms with van der Waals surface area (Å²) in [5.74, 6) is 0.428. The standard InChI is InChI=1S/C18H18ClN5O/c1-12(2)17(13-3-5-14(19)6-4-13)18(25)23-15-7-8-16(21-9-15)24-11-20-10-22-24/h3-12,17H,1-2H3,(H,23,25). The van der Waals surface area contributed by atoms with Crippen LogP contribution in [0.2, 0.25) is 5.02 Å². The van der Waals surface area contributed by atoms with Crippen molar-refractivity contribution in [1.29, 1.82) is 0 Å². The van der Waals surface area contributed by atoms with Crippen LogP contribution in [-0.2, 0) is 4.79 Å². The predicted molar refractivity (Wildman–Crippen MR) is 96.8 cm³/mol. The van der Waals surface area contributed by atoms with Gasteiger partial charge in [-0.05, 0) is 35.7 Å². The van der Waals surface area contributed by atoms with E-state index in [-0.39, 0.29) is 17.7 Å². The Balaban J connectivity index is 1.76. The van der Waals surface area contributed by atoms with Crippen molar-refractivity contribution in [2.75, 3.05) is 5.32 Å². The third-order valence-electron chi connectivity index (χ3n) is 3.85. The number of hydrogen-bond donors (Lipinski definition) is 1. The van der Waals surface area contributed by atoms with Crippen molar-refractivity contribution in [3.8, 4) is 5.82 Å². The molecule has 3 rings (SSSR count). The van der Waals surface area contributed by atoms with E-state index in [1.54, 1.807) is 41.5 Å². The van der Waals surface area contributed by atoms with E-state index >= 15 is 0 Å². The molecule has 0 aliphatic rings. The minimum atomic E-state index is -0.271. The van der Waals surface area contributed by atoms with Gasteiger partial charge in [0.25, 0.3) is 0 Å². The second-order valence-corrected chi connectivity index (χ2v) is 6.44. The van der Waals surface area contributed by atoms with E-state index in [9.17, 15) is 4.79 Å². The molecular weight excluding hydrogens is 338 g/mol. The molecule has 2 heterocycles. The number of amides is 1. The van der Waals surface area contributed by atoms with Crippen LogP contribution >= 0.6 is 11.6 Å². The zero-order chi connectivity index (χ0) is 17.8. The van der Waals surface area contributed by atoms with E-state index in [1.165, 1.54) is 6.33 Å². The first kappa shape index (κ1) is 17.1. The SMILES string of the molecule is CC(C)C(C(=O)Nc1ccc(-n2cncn2)nc1)c1ccc(Cl)cc1. The van der Waals surface area contributed by atoms with Gasteiger partial charge in [0.2, 0.25) is 5.91 Å². The predicted octanol–water partition coefficient (Wildman–Crippen LogP) is 3.69. The zero-order valence-electron chi connectivity index (χ0n) is 13.9. The molecule has 1 unspecified atom stereocenters. The van der Waals surface area contributed by atoms with Gasteiger partial charge in [0.15, 0.2) is 5.82 Å². The Bertz CT molecular complexity index is 829. The van der Waals surface area contributed by atoms with E-state index in [4.69, 9.17) is 11.6 Å². The maximum absolute atomic E-state index is 12.8. The van der Waals surface area contributed by atoms with Crippen LogP contribution in [0.15, 0.2) is 55.2 Å². The molecule has 0 aliphatic carbocycles. The highest BCUT2D eigenvalue weighted by molar-refractivity contribution is 6.30. The average molecular weight is 356 g/mol. The van der Waals surface area contributed by atoms with Crippen LogP contribution in [0.4, 0.5) is 5.69 Å². The van der Waals surface area contributed by atoms with Crippen molar-refractivity contribution in [2.45, 2.75) is 19.8 Å². The van der Waals surface area contributed by atoms with Gasteiger partial charge < -0.3 is 5.32 Å². The summed E-state index contributed by atoms with van der Waals surface area (Å²) < 4.78 is 1.55. The van der Waals surface area contributed by atoms with E-state index in [1.807, 2.05) is 26.0 Å². The maximum atomic E-state index is 12.8. The number of hydrogen-bond acceptors (Lipinski definition) is 4. The number of aromatic nitrogens is 4. The van der Waals surface area contributed by atoms with Gasteiger partial charge in [-0.3, -0.25) is 4.79 Å². The molecule has 1 N–H and O–H groups in total. The molecule has 6 nitrogen and oxygen atoms in total. The maximum Gasteiger partial charge on any atom is 0.232 e. The number of rotatable bonds is 5. The van der Waals surface area contributed by atoms with Crippen LogP contribution in [0.1, 0.15) is 25.3 Å². The molecule has 1 atom stereocenters. The number of pyridine rings is 1. The lowest BCUT2D eigenvalue weighted by molar-refractivity contribution is -0.118. The van der Waals surface area contributed by atoms with Crippen LogP contribution in [-0.4, -0.2) is 25.7 Å². The molecule has 2 aromatic heterocycles. The molecule has 1 amide bonds. The summed E-state index contributed by atoms with van der Waals surface area (Å²) in [6.45, 7) is 4.04. The second kappa shape index (κ2) is 7.44. The van der Waals surface area contributed by atoms with Gasteiger partial charge in [-0.1, -0.05) is 37.6 Å². The van der Waals surface area contributed by atoms with Crippen molar-refractivity contribution in [3.63, 3.8) is 0 Å². The fourth-order valence-electron chi connectivity index (χ4n) is 2.65. The van der Waals surface area contributed by atoms with E-state index in [2.05, 4.69) is 20.4 Å². The summed E-state index contributed by atoms with van der Waals surface area (Å²) in [6.07, 6.45) is 4.61. The molecule has 0 bridgehead atoms. The van der Waals surface area contributed by atoms with Crippen molar-refractivity contribution in [1.82, 2.24) is 19.7 Å². The first-order valence-corrected chi connectivity index (χ1v) is 8.30. The highest BCUT2D eigenvalue weighted by atomic mass is 35.5. The van der Waals surface area contributed by atoms with Crippen molar-refractivity contribution < 1.29 is 4.79 Å². The molecule has 3 aromatic rings. The lowest BCUT2D eigenvalue weighted by atomic mass is 9.87.